The predicted molar refractivity (Wildman–Crippen MR) is 53.5 cm³/mol. The number of benzene rings is 1. The van der Waals surface area contributed by atoms with Crippen LogP contribution < -0.4 is 4.74 Å². The lowest BCUT2D eigenvalue weighted by atomic mass is 10.2. The first-order valence-corrected chi connectivity index (χ1v) is 4.62. The Bertz CT molecular complexity index is 303. The molecule has 0 aliphatic rings. The Morgan fingerprint density at radius 3 is 2.50 bits per heavy atom. The largest absolute Gasteiger partial charge is 0.508 e. The minimum absolute atomic E-state index is 0.0677. The van der Waals surface area contributed by atoms with Crippen LogP contribution in [-0.2, 0) is 4.79 Å². The maximum atomic E-state index is 11.2. The van der Waals surface area contributed by atoms with Gasteiger partial charge in [0.25, 0.3) is 0 Å². The third-order valence-corrected chi connectivity index (χ3v) is 1.95. The van der Waals surface area contributed by atoms with Crippen molar-refractivity contribution >= 4 is 5.78 Å². The molecule has 1 N–H and O–H groups in total. The van der Waals surface area contributed by atoms with Gasteiger partial charge in [0.05, 0.1) is 0 Å². The van der Waals surface area contributed by atoms with Gasteiger partial charge < -0.3 is 9.84 Å². The summed E-state index contributed by atoms with van der Waals surface area (Å²) in [6.07, 6.45) is 0.0451. The van der Waals surface area contributed by atoms with Gasteiger partial charge in [-0.1, -0.05) is 6.92 Å². The van der Waals surface area contributed by atoms with Gasteiger partial charge in [0.1, 0.15) is 11.5 Å². The molecule has 1 atom stereocenters. The SMILES string of the molecule is CCC(=O)C(C)Oc1ccc(O)cc1. The average Bonchev–Trinajstić information content (AvgIpc) is 2.20. The molecular weight excluding hydrogens is 180 g/mol. The minimum Gasteiger partial charge on any atom is -0.508 e. The zero-order chi connectivity index (χ0) is 10.6. The van der Waals surface area contributed by atoms with Crippen LogP contribution in [0.2, 0.25) is 0 Å². The Morgan fingerprint density at radius 1 is 1.43 bits per heavy atom. The van der Waals surface area contributed by atoms with Crippen LogP contribution >= 0.6 is 0 Å². The minimum atomic E-state index is -0.426. The van der Waals surface area contributed by atoms with E-state index in [0.29, 0.717) is 12.2 Å². The Labute approximate surface area is 83.3 Å². The number of aromatic hydroxyl groups is 1. The fourth-order valence-corrected chi connectivity index (χ4v) is 1.08. The first-order valence-electron chi connectivity index (χ1n) is 4.62. The maximum Gasteiger partial charge on any atom is 0.172 e. The number of phenols is 1. The molecule has 0 aliphatic heterocycles. The predicted octanol–water partition coefficient (Wildman–Crippen LogP) is 2.14. The Morgan fingerprint density at radius 2 is 2.00 bits per heavy atom. The highest BCUT2D eigenvalue weighted by Crippen LogP contribution is 2.17. The van der Waals surface area contributed by atoms with E-state index in [1.165, 1.54) is 12.1 Å². The van der Waals surface area contributed by atoms with Gasteiger partial charge in [-0.15, -0.1) is 0 Å². The molecule has 1 aromatic carbocycles. The van der Waals surface area contributed by atoms with E-state index in [1.807, 2.05) is 0 Å². The average molecular weight is 194 g/mol. The fraction of sp³-hybridized carbons (Fsp3) is 0.364. The summed E-state index contributed by atoms with van der Waals surface area (Å²) in [5, 5.41) is 9.02. The smallest absolute Gasteiger partial charge is 0.172 e. The summed E-state index contributed by atoms with van der Waals surface area (Å²) in [6.45, 7) is 3.53. The summed E-state index contributed by atoms with van der Waals surface area (Å²) < 4.78 is 5.36. The second-order valence-corrected chi connectivity index (χ2v) is 3.07. The molecule has 0 saturated carbocycles. The number of Topliss-reactive ketones (excluding diaryl/α,β-unsaturated/α-hetero) is 1. The highest BCUT2D eigenvalue weighted by Gasteiger charge is 2.11. The van der Waals surface area contributed by atoms with Crippen LogP contribution in [-0.4, -0.2) is 17.0 Å². The molecule has 1 unspecified atom stereocenters. The normalized spacial score (nSPS) is 12.1. The first-order chi connectivity index (χ1) is 6.63. The van der Waals surface area contributed by atoms with Crippen molar-refractivity contribution in [2.24, 2.45) is 0 Å². The molecule has 14 heavy (non-hydrogen) atoms. The van der Waals surface area contributed by atoms with E-state index >= 15 is 0 Å². The Hall–Kier alpha value is -1.51. The van der Waals surface area contributed by atoms with E-state index in [4.69, 9.17) is 9.84 Å². The van der Waals surface area contributed by atoms with Gasteiger partial charge in [-0.25, -0.2) is 0 Å². The van der Waals surface area contributed by atoms with Crippen LogP contribution in [0.15, 0.2) is 24.3 Å². The van der Waals surface area contributed by atoms with E-state index in [1.54, 1.807) is 26.0 Å². The lowest BCUT2D eigenvalue weighted by Gasteiger charge is -2.12. The number of carbonyl (C=O) groups excluding carboxylic acids is 1. The molecule has 3 nitrogen and oxygen atoms in total. The quantitative estimate of drug-likeness (QED) is 0.798. The second kappa shape index (κ2) is 4.65. The van der Waals surface area contributed by atoms with E-state index in [0.717, 1.165) is 0 Å². The van der Waals surface area contributed by atoms with E-state index in [9.17, 15) is 4.79 Å². The molecule has 0 spiro atoms. The molecule has 76 valence electrons. The summed E-state index contributed by atoms with van der Waals surface area (Å²) >= 11 is 0. The van der Waals surface area contributed by atoms with Crippen molar-refractivity contribution in [3.05, 3.63) is 24.3 Å². The standard InChI is InChI=1S/C11H14O3/c1-3-11(13)8(2)14-10-6-4-9(12)5-7-10/h4-8,12H,3H2,1-2H3. The van der Waals surface area contributed by atoms with Crippen molar-refractivity contribution in [2.45, 2.75) is 26.4 Å². The maximum absolute atomic E-state index is 11.2. The highest BCUT2D eigenvalue weighted by molar-refractivity contribution is 5.82. The van der Waals surface area contributed by atoms with Gasteiger partial charge in [0, 0.05) is 6.42 Å². The monoisotopic (exact) mass is 194 g/mol. The number of phenolic OH excluding ortho intramolecular Hbond substituents is 1. The number of ether oxygens (including phenoxy) is 1. The van der Waals surface area contributed by atoms with Crippen LogP contribution in [0.3, 0.4) is 0 Å². The summed E-state index contributed by atoms with van der Waals surface area (Å²) in [7, 11) is 0. The number of ketones is 1. The van der Waals surface area contributed by atoms with Gasteiger partial charge in [0.2, 0.25) is 0 Å². The third-order valence-electron chi connectivity index (χ3n) is 1.95. The number of rotatable bonds is 4. The molecule has 1 rings (SSSR count). The lowest BCUT2D eigenvalue weighted by molar-refractivity contribution is -0.124. The van der Waals surface area contributed by atoms with Gasteiger partial charge in [-0.2, -0.15) is 0 Å². The molecule has 0 fully saturated rings. The summed E-state index contributed by atoms with van der Waals surface area (Å²) in [4.78, 5) is 11.2. The van der Waals surface area contributed by atoms with E-state index in [-0.39, 0.29) is 11.5 Å². The summed E-state index contributed by atoms with van der Waals surface area (Å²) in [5.74, 6) is 0.849. The van der Waals surface area contributed by atoms with E-state index in [2.05, 4.69) is 0 Å². The Kier molecular flexibility index (Phi) is 3.51. The summed E-state index contributed by atoms with van der Waals surface area (Å²) in [5.41, 5.74) is 0. The van der Waals surface area contributed by atoms with Crippen molar-refractivity contribution in [2.75, 3.05) is 0 Å². The van der Waals surface area contributed by atoms with Crippen LogP contribution in [0, 0.1) is 0 Å². The van der Waals surface area contributed by atoms with Crippen LogP contribution in [0.25, 0.3) is 0 Å². The van der Waals surface area contributed by atoms with E-state index < -0.39 is 6.10 Å². The van der Waals surface area contributed by atoms with Crippen molar-refractivity contribution in [3.8, 4) is 11.5 Å². The molecule has 0 amide bonds. The lowest BCUT2D eigenvalue weighted by Crippen LogP contribution is -2.22. The van der Waals surface area contributed by atoms with Crippen LogP contribution in [0.1, 0.15) is 20.3 Å². The highest BCUT2D eigenvalue weighted by atomic mass is 16.5. The molecule has 0 radical (unpaired) electrons. The summed E-state index contributed by atoms with van der Waals surface area (Å²) in [6, 6.07) is 6.32. The van der Waals surface area contributed by atoms with Gasteiger partial charge in [-0.3, -0.25) is 4.79 Å². The number of carbonyl (C=O) groups is 1. The molecule has 0 aromatic heterocycles. The second-order valence-electron chi connectivity index (χ2n) is 3.07. The number of hydrogen-bond acceptors (Lipinski definition) is 3. The van der Waals surface area contributed by atoms with Crippen molar-refractivity contribution in [1.29, 1.82) is 0 Å². The molecule has 0 aliphatic carbocycles. The first kappa shape index (κ1) is 10.6. The zero-order valence-corrected chi connectivity index (χ0v) is 8.36. The molecule has 0 saturated heterocycles. The fourth-order valence-electron chi connectivity index (χ4n) is 1.08. The number of hydrogen-bond donors (Lipinski definition) is 1. The molecule has 0 heterocycles. The van der Waals surface area contributed by atoms with Crippen molar-refractivity contribution in [3.63, 3.8) is 0 Å². The van der Waals surface area contributed by atoms with Gasteiger partial charge in [0.15, 0.2) is 11.9 Å². The third kappa shape index (κ3) is 2.76. The molecule has 0 bridgehead atoms. The zero-order valence-electron chi connectivity index (χ0n) is 8.36. The van der Waals surface area contributed by atoms with Crippen LogP contribution in [0.5, 0.6) is 11.5 Å². The molecular formula is C11H14O3. The van der Waals surface area contributed by atoms with Gasteiger partial charge >= 0.3 is 0 Å². The molecule has 3 heteroatoms. The molecule has 1 aromatic rings. The van der Waals surface area contributed by atoms with Crippen molar-refractivity contribution in [1.82, 2.24) is 0 Å². The van der Waals surface area contributed by atoms with Gasteiger partial charge in [-0.05, 0) is 31.2 Å². The Balaban J connectivity index is 2.60. The topological polar surface area (TPSA) is 46.5 Å². The van der Waals surface area contributed by atoms with Crippen molar-refractivity contribution < 1.29 is 14.6 Å². The van der Waals surface area contributed by atoms with Crippen LogP contribution in [0.4, 0.5) is 0 Å².